The van der Waals surface area contributed by atoms with E-state index < -0.39 is 23.3 Å². The van der Waals surface area contributed by atoms with Gasteiger partial charge in [-0.1, -0.05) is 48.0 Å². The maximum Gasteiger partial charge on any atom is 0.330 e. The van der Waals surface area contributed by atoms with Crippen molar-refractivity contribution in [1.82, 2.24) is 15.1 Å². The van der Waals surface area contributed by atoms with E-state index in [1.54, 1.807) is 6.07 Å². The van der Waals surface area contributed by atoms with E-state index in [9.17, 15) is 14.4 Å². The summed E-state index contributed by atoms with van der Waals surface area (Å²) in [7, 11) is 1.99. The lowest BCUT2D eigenvalue weighted by Gasteiger charge is -2.55. The number of rotatable bonds is 3. The number of carbonyl (C=O) groups is 3. The monoisotopic (exact) mass is 452 g/mol. The number of anilines is 1. The minimum Gasteiger partial charge on any atom is -0.364 e. The van der Waals surface area contributed by atoms with Crippen molar-refractivity contribution < 1.29 is 14.4 Å². The Morgan fingerprint density at radius 3 is 2.62 bits per heavy atom. The number of hydrogen-bond donors (Lipinski definition) is 1. The molecule has 8 heteroatoms. The quantitative estimate of drug-likeness (QED) is 0.723. The predicted molar refractivity (Wildman–Crippen MR) is 122 cm³/mol. The number of amides is 4. The molecule has 166 valence electrons. The molecule has 3 aliphatic rings. The summed E-state index contributed by atoms with van der Waals surface area (Å²) in [5.74, 6) is -0.961. The summed E-state index contributed by atoms with van der Waals surface area (Å²) in [6.45, 7) is 2.24. The van der Waals surface area contributed by atoms with Crippen LogP contribution < -0.4 is 10.2 Å². The molecule has 0 saturated carbocycles. The van der Waals surface area contributed by atoms with Gasteiger partial charge in [-0.3, -0.25) is 19.8 Å². The molecule has 32 heavy (non-hydrogen) atoms. The minimum atomic E-state index is -1.41. The minimum absolute atomic E-state index is 0.177. The highest BCUT2D eigenvalue weighted by Gasteiger charge is 2.62. The van der Waals surface area contributed by atoms with Crippen molar-refractivity contribution >= 4 is 35.1 Å². The molecule has 0 bridgehead atoms. The molecular formula is C24H25ClN4O3. The number of halogens is 1. The molecule has 2 atom stereocenters. The molecule has 2 aromatic rings. The molecule has 4 amide bonds. The van der Waals surface area contributed by atoms with Gasteiger partial charge in [-0.25, -0.2) is 4.79 Å². The lowest BCUT2D eigenvalue weighted by atomic mass is 9.67. The van der Waals surface area contributed by atoms with Crippen molar-refractivity contribution in [3.63, 3.8) is 0 Å². The number of nitrogens with one attached hydrogen (secondary N) is 1. The summed E-state index contributed by atoms with van der Waals surface area (Å²) in [5.41, 5.74) is 1.37. The van der Waals surface area contributed by atoms with E-state index in [1.165, 1.54) is 4.90 Å². The van der Waals surface area contributed by atoms with E-state index in [-0.39, 0.29) is 19.0 Å². The summed E-state index contributed by atoms with van der Waals surface area (Å²) in [4.78, 5) is 45.6. The number of benzene rings is 2. The fraction of sp³-hybridized carbons (Fsp3) is 0.375. The van der Waals surface area contributed by atoms with Crippen LogP contribution in [0.4, 0.5) is 10.5 Å². The SMILES string of the molecule is CN1CCN2c3cccc(Cl)c3C[C@@]3(C(=O)NC(=O)N(CCc4ccccc4)C3=O)[C@@H]2C1. The third kappa shape index (κ3) is 3.19. The number of imide groups is 2. The van der Waals surface area contributed by atoms with E-state index in [4.69, 9.17) is 11.6 Å². The van der Waals surface area contributed by atoms with Crippen molar-refractivity contribution in [3.8, 4) is 0 Å². The van der Waals surface area contributed by atoms with Crippen LogP contribution in [0, 0.1) is 5.41 Å². The first kappa shape index (κ1) is 21.0. The summed E-state index contributed by atoms with van der Waals surface area (Å²) < 4.78 is 0. The zero-order valence-corrected chi connectivity index (χ0v) is 18.6. The highest BCUT2D eigenvalue weighted by Crippen LogP contribution is 2.47. The Morgan fingerprint density at radius 2 is 1.84 bits per heavy atom. The predicted octanol–water partition coefficient (Wildman–Crippen LogP) is 2.32. The van der Waals surface area contributed by atoms with Crippen molar-refractivity contribution in [1.29, 1.82) is 0 Å². The molecule has 2 aromatic carbocycles. The lowest BCUT2D eigenvalue weighted by Crippen LogP contribution is -2.75. The summed E-state index contributed by atoms with van der Waals surface area (Å²) in [5, 5.41) is 3.03. The highest BCUT2D eigenvalue weighted by molar-refractivity contribution is 6.32. The Morgan fingerprint density at radius 1 is 1.06 bits per heavy atom. The van der Waals surface area contributed by atoms with Crippen LogP contribution in [0.5, 0.6) is 0 Å². The molecule has 5 rings (SSSR count). The standard InChI is InChI=1S/C24H25ClN4O3/c1-27-12-13-28-19-9-5-8-18(25)17(19)14-24(20(28)15-27)21(30)26-23(32)29(22(24)31)11-10-16-6-3-2-4-7-16/h2-9,20H,10-15H2,1H3,(H,26,30,32)/t20-,24-/m0/s1. The van der Waals surface area contributed by atoms with Crippen LogP contribution in [0.2, 0.25) is 5.02 Å². The first-order valence-corrected chi connectivity index (χ1v) is 11.2. The van der Waals surface area contributed by atoms with E-state index in [0.717, 1.165) is 23.4 Å². The van der Waals surface area contributed by atoms with E-state index >= 15 is 0 Å². The van der Waals surface area contributed by atoms with Crippen LogP contribution in [0.3, 0.4) is 0 Å². The Balaban J connectivity index is 1.55. The van der Waals surface area contributed by atoms with Crippen LogP contribution in [0.1, 0.15) is 11.1 Å². The topological polar surface area (TPSA) is 73.0 Å². The zero-order valence-electron chi connectivity index (χ0n) is 17.9. The van der Waals surface area contributed by atoms with Gasteiger partial charge in [-0.15, -0.1) is 0 Å². The van der Waals surface area contributed by atoms with Gasteiger partial charge in [-0.2, -0.15) is 0 Å². The van der Waals surface area contributed by atoms with Gasteiger partial charge in [0.25, 0.3) is 0 Å². The number of piperazine rings is 1. The van der Waals surface area contributed by atoms with E-state index in [2.05, 4.69) is 15.1 Å². The average Bonchev–Trinajstić information content (AvgIpc) is 2.78. The number of urea groups is 1. The smallest absolute Gasteiger partial charge is 0.330 e. The van der Waals surface area contributed by atoms with Gasteiger partial charge < -0.3 is 9.80 Å². The van der Waals surface area contributed by atoms with Crippen LogP contribution in [-0.4, -0.2) is 66.9 Å². The van der Waals surface area contributed by atoms with Gasteiger partial charge >= 0.3 is 6.03 Å². The largest absolute Gasteiger partial charge is 0.364 e. The second-order valence-electron chi connectivity index (χ2n) is 8.81. The Kier molecular flexibility index (Phi) is 5.18. The molecule has 7 nitrogen and oxygen atoms in total. The fourth-order valence-corrected chi connectivity index (χ4v) is 5.50. The summed E-state index contributed by atoms with van der Waals surface area (Å²) in [6.07, 6.45) is 0.701. The van der Waals surface area contributed by atoms with Crippen LogP contribution >= 0.6 is 11.6 Å². The first-order chi connectivity index (χ1) is 15.4. The van der Waals surface area contributed by atoms with Crippen LogP contribution in [-0.2, 0) is 22.4 Å². The van der Waals surface area contributed by atoms with Crippen molar-refractivity contribution in [2.24, 2.45) is 5.41 Å². The molecule has 2 saturated heterocycles. The third-order valence-corrected chi connectivity index (χ3v) is 7.33. The lowest BCUT2D eigenvalue weighted by molar-refractivity contribution is -0.154. The normalized spacial score (nSPS) is 25.6. The fourth-order valence-electron chi connectivity index (χ4n) is 5.26. The molecule has 2 fully saturated rings. The Bertz CT molecular complexity index is 1090. The Hall–Kier alpha value is -2.90. The van der Waals surface area contributed by atoms with Gasteiger partial charge in [0.2, 0.25) is 11.8 Å². The zero-order chi connectivity index (χ0) is 22.5. The average molecular weight is 453 g/mol. The van der Waals surface area contributed by atoms with Gasteiger partial charge in [-0.05, 0) is 36.7 Å². The van der Waals surface area contributed by atoms with E-state index in [1.807, 2.05) is 49.5 Å². The second kappa shape index (κ2) is 7.90. The molecule has 3 aliphatic heterocycles. The molecule has 1 spiro atoms. The molecule has 1 N–H and O–H groups in total. The number of fused-ring (bicyclic) bond motifs is 4. The molecule has 0 aliphatic carbocycles. The maximum absolute atomic E-state index is 14.0. The van der Waals surface area contributed by atoms with E-state index in [0.29, 0.717) is 24.5 Å². The third-order valence-electron chi connectivity index (χ3n) is 6.98. The molecule has 0 aromatic heterocycles. The molecule has 0 unspecified atom stereocenters. The Labute approximate surface area is 191 Å². The molecular weight excluding hydrogens is 428 g/mol. The molecule has 3 heterocycles. The van der Waals surface area contributed by atoms with Gasteiger partial charge in [0.15, 0.2) is 5.41 Å². The van der Waals surface area contributed by atoms with Gasteiger partial charge in [0, 0.05) is 43.3 Å². The number of carbonyl (C=O) groups excluding carboxylic acids is 3. The summed E-state index contributed by atoms with van der Waals surface area (Å²) >= 11 is 6.55. The molecule has 0 radical (unpaired) electrons. The summed E-state index contributed by atoms with van der Waals surface area (Å²) in [6, 6.07) is 14.3. The van der Waals surface area contributed by atoms with Gasteiger partial charge in [0.05, 0.1) is 6.04 Å². The highest BCUT2D eigenvalue weighted by atomic mass is 35.5. The van der Waals surface area contributed by atoms with Crippen molar-refractivity contribution in [2.75, 3.05) is 38.1 Å². The number of hydrogen-bond acceptors (Lipinski definition) is 5. The number of nitrogens with zero attached hydrogens (tertiary/aromatic N) is 3. The van der Waals surface area contributed by atoms with Crippen LogP contribution in [0.15, 0.2) is 48.5 Å². The maximum atomic E-state index is 14.0. The second-order valence-corrected chi connectivity index (χ2v) is 9.22. The number of barbiturate groups is 1. The van der Waals surface area contributed by atoms with Crippen molar-refractivity contribution in [2.45, 2.75) is 18.9 Å². The van der Waals surface area contributed by atoms with Crippen molar-refractivity contribution in [3.05, 3.63) is 64.7 Å². The first-order valence-electron chi connectivity index (χ1n) is 10.9. The number of likely N-dealkylation sites (N-methyl/N-ethyl adjacent to an activating group) is 1. The van der Waals surface area contributed by atoms with Gasteiger partial charge in [0.1, 0.15) is 0 Å². The van der Waals surface area contributed by atoms with Crippen LogP contribution in [0.25, 0.3) is 0 Å².